The minimum Gasteiger partial charge on any atom is -0.548 e. The summed E-state index contributed by atoms with van der Waals surface area (Å²) in [5.41, 5.74) is 0.526. The molecule has 0 fully saturated rings. The number of aliphatic carboxylic acids is 1. The number of urea groups is 1. The molecular formula is C19H17KN4O3. The normalized spacial score (nSPS) is 12.5. The molecule has 0 aliphatic heterocycles. The van der Waals surface area contributed by atoms with Gasteiger partial charge in [0.2, 0.25) is 0 Å². The summed E-state index contributed by atoms with van der Waals surface area (Å²) in [7, 11) is 0. The summed E-state index contributed by atoms with van der Waals surface area (Å²) >= 11 is 0. The largest absolute Gasteiger partial charge is 1.00 e. The number of carboxylic acids is 1. The molecular weight excluding hydrogens is 371 g/mol. The van der Waals surface area contributed by atoms with Crippen LogP contribution in [0.4, 0.5) is 10.6 Å². The molecule has 3 aromatic rings. The number of fused-ring (bicyclic) bond motifs is 1. The van der Waals surface area contributed by atoms with E-state index in [0.717, 1.165) is 5.56 Å². The first-order valence-corrected chi connectivity index (χ1v) is 8.03. The van der Waals surface area contributed by atoms with Crippen LogP contribution in [-0.4, -0.2) is 27.5 Å². The predicted octanol–water partition coefficient (Wildman–Crippen LogP) is -1.49. The fraction of sp³-hybridized carbons (Fsp3) is 0.158. The number of hydrogen-bond acceptors (Lipinski definition) is 5. The van der Waals surface area contributed by atoms with Gasteiger partial charge >= 0.3 is 57.4 Å². The van der Waals surface area contributed by atoms with Crippen LogP contribution in [0.5, 0.6) is 0 Å². The fourth-order valence-corrected chi connectivity index (χ4v) is 2.60. The molecule has 2 aromatic heterocycles. The summed E-state index contributed by atoms with van der Waals surface area (Å²) in [5.74, 6) is -1.07. The molecule has 1 aromatic carbocycles. The molecule has 0 saturated carbocycles. The smallest absolute Gasteiger partial charge is 0.548 e. The van der Waals surface area contributed by atoms with E-state index in [9.17, 15) is 14.7 Å². The van der Waals surface area contributed by atoms with Gasteiger partial charge in [0.25, 0.3) is 0 Å². The van der Waals surface area contributed by atoms with Gasteiger partial charge in [0, 0.05) is 12.6 Å². The average molecular weight is 388 g/mol. The van der Waals surface area contributed by atoms with Crippen molar-refractivity contribution in [1.82, 2.24) is 15.3 Å². The molecule has 2 N–H and O–H groups in total. The van der Waals surface area contributed by atoms with Crippen LogP contribution in [-0.2, 0) is 11.2 Å². The maximum Gasteiger partial charge on any atom is 1.00 e. The topological polar surface area (TPSA) is 107 Å². The van der Waals surface area contributed by atoms with E-state index in [-0.39, 0.29) is 57.8 Å². The maximum atomic E-state index is 12.3. The Balaban J connectivity index is 0.00000261. The van der Waals surface area contributed by atoms with Crippen molar-refractivity contribution in [2.75, 3.05) is 5.32 Å². The summed E-state index contributed by atoms with van der Waals surface area (Å²) in [4.78, 5) is 32.3. The van der Waals surface area contributed by atoms with E-state index >= 15 is 0 Å². The van der Waals surface area contributed by atoms with Crippen LogP contribution in [0, 0.1) is 0 Å². The molecule has 3 rings (SSSR count). The molecule has 0 bridgehead atoms. The number of carbonyl (C=O) groups excluding carboxylic acids is 2. The Morgan fingerprint density at radius 1 is 1.04 bits per heavy atom. The van der Waals surface area contributed by atoms with Crippen LogP contribution in [0.15, 0.2) is 60.8 Å². The quantitative estimate of drug-likeness (QED) is 0.518. The zero-order valence-corrected chi connectivity index (χ0v) is 18.2. The van der Waals surface area contributed by atoms with E-state index in [2.05, 4.69) is 20.6 Å². The molecule has 27 heavy (non-hydrogen) atoms. The minimum atomic E-state index is -1.57. The molecule has 1 unspecified atom stereocenters. The van der Waals surface area contributed by atoms with Crippen LogP contribution >= 0.6 is 0 Å². The van der Waals surface area contributed by atoms with E-state index in [1.165, 1.54) is 6.92 Å². The van der Waals surface area contributed by atoms with Gasteiger partial charge in [0.15, 0.2) is 0 Å². The van der Waals surface area contributed by atoms with Gasteiger partial charge in [-0.25, -0.2) is 9.78 Å². The number of aromatic nitrogens is 2. The molecule has 2 amide bonds. The van der Waals surface area contributed by atoms with E-state index in [4.69, 9.17) is 0 Å². The Bertz CT molecular complexity index is 952. The summed E-state index contributed by atoms with van der Waals surface area (Å²) in [6.45, 7) is 1.41. The van der Waals surface area contributed by atoms with Crippen LogP contribution in [0.1, 0.15) is 12.5 Å². The van der Waals surface area contributed by atoms with Crippen molar-refractivity contribution >= 4 is 28.9 Å². The van der Waals surface area contributed by atoms with E-state index in [1.54, 1.807) is 54.7 Å². The summed E-state index contributed by atoms with van der Waals surface area (Å²) in [6.07, 6.45) is 1.75. The van der Waals surface area contributed by atoms with Gasteiger partial charge in [-0.3, -0.25) is 10.3 Å². The van der Waals surface area contributed by atoms with E-state index < -0.39 is 17.5 Å². The molecule has 0 saturated heterocycles. The van der Waals surface area contributed by atoms with Crippen molar-refractivity contribution in [3.05, 3.63) is 66.4 Å². The third-order valence-electron chi connectivity index (χ3n) is 3.94. The van der Waals surface area contributed by atoms with E-state index in [0.29, 0.717) is 16.9 Å². The number of nitrogens with one attached hydrogen (secondary N) is 2. The van der Waals surface area contributed by atoms with Crippen molar-refractivity contribution in [1.29, 1.82) is 0 Å². The molecule has 8 heteroatoms. The van der Waals surface area contributed by atoms with Gasteiger partial charge in [-0.2, -0.15) is 0 Å². The third kappa shape index (κ3) is 5.57. The van der Waals surface area contributed by atoms with Crippen LogP contribution in [0.25, 0.3) is 11.0 Å². The van der Waals surface area contributed by atoms with Gasteiger partial charge in [-0.15, -0.1) is 0 Å². The average Bonchev–Trinajstić information content (AvgIpc) is 2.62. The number of benzene rings is 1. The van der Waals surface area contributed by atoms with Crippen molar-refractivity contribution < 1.29 is 66.1 Å². The zero-order chi connectivity index (χ0) is 18.6. The number of carbonyl (C=O) groups is 2. The molecule has 7 nitrogen and oxygen atoms in total. The molecule has 0 spiro atoms. The Labute approximate surface area is 199 Å². The van der Waals surface area contributed by atoms with Crippen molar-refractivity contribution in [3.63, 3.8) is 0 Å². The first kappa shape index (κ1) is 21.5. The van der Waals surface area contributed by atoms with Gasteiger partial charge < -0.3 is 15.2 Å². The summed E-state index contributed by atoms with van der Waals surface area (Å²) in [6, 6.07) is 15.2. The monoisotopic (exact) mass is 388 g/mol. The number of hydrogen-bond donors (Lipinski definition) is 2. The van der Waals surface area contributed by atoms with Crippen molar-refractivity contribution in [3.8, 4) is 0 Å². The molecule has 2 heterocycles. The zero-order valence-electron chi connectivity index (χ0n) is 15.1. The first-order valence-electron chi connectivity index (χ1n) is 8.03. The van der Waals surface area contributed by atoms with Gasteiger partial charge in [0.1, 0.15) is 5.82 Å². The van der Waals surface area contributed by atoms with Gasteiger partial charge in [0.05, 0.1) is 22.5 Å². The van der Waals surface area contributed by atoms with Crippen molar-refractivity contribution in [2.24, 2.45) is 0 Å². The van der Waals surface area contributed by atoms with Crippen LogP contribution in [0.2, 0.25) is 0 Å². The van der Waals surface area contributed by atoms with Crippen LogP contribution < -0.4 is 67.1 Å². The Hall–Kier alpha value is -1.84. The van der Waals surface area contributed by atoms with Gasteiger partial charge in [-0.05, 0) is 36.8 Å². The Morgan fingerprint density at radius 2 is 1.78 bits per heavy atom. The van der Waals surface area contributed by atoms with Crippen LogP contribution in [0.3, 0.4) is 0 Å². The molecule has 1 atom stereocenters. The fourth-order valence-electron chi connectivity index (χ4n) is 2.60. The minimum absolute atomic E-state index is 0. The SMILES string of the molecule is CC(Cc1ccccc1)(NC(=O)Nc1ccc2ncccc2n1)C(=O)[O-].[K+]. The Morgan fingerprint density at radius 3 is 2.48 bits per heavy atom. The predicted molar refractivity (Wildman–Crippen MR) is 95.3 cm³/mol. The first-order chi connectivity index (χ1) is 12.5. The second kappa shape index (κ2) is 9.38. The van der Waals surface area contributed by atoms with E-state index in [1.807, 2.05) is 6.07 Å². The molecule has 0 aliphatic carbocycles. The number of nitrogens with zero attached hydrogens (tertiary/aromatic N) is 2. The van der Waals surface area contributed by atoms with Crippen molar-refractivity contribution in [2.45, 2.75) is 18.9 Å². The maximum absolute atomic E-state index is 12.3. The molecule has 132 valence electrons. The number of amides is 2. The number of rotatable bonds is 5. The number of pyridine rings is 2. The second-order valence-corrected chi connectivity index (χ2v) is 6.10. The number of anilines is 1. The Kier molecular flexibility index (Phi) is 7.46. The summed E-state index contributed by atoms with van der Waals surface area (Å²) < 4.78 is 0. The second-order valence-electron chi connectivity index (χ2n) is 6.10. The summed E-state index contributed by atoms with van der Waals surface area (Å²) in [5, 5.41) is 16.6. The molecule has 0 radical (unpaired) electrons. The third-order valence-corrected chi connectivity index (χ3v) is 3.94. The molecule has 0 aliphatic rings. The number of carboxylic acid groups (broad SMARTS) is 1. The van der Waals surface area contributed by atoms with Gasteiger partial charge in [-0.1, -0.05) is 30.3 Å². The standard InChI is InChI=1S/C19H18N4O3.K/c1-19(17(24)25,12-13-6-3-2-4-7-13)23-18(26)22-16-10-9-14-15(21-16)8-5-11-20-14;/h2-11H,12H2,1H3,(H,24,25)(H2,21,22,23,26);/q;+1/p-1.